The van der Waals surface area contributed by atoms with Crippen LogP contribution in [-0.4, -0.2) is 43.0 Å². The Balaban J connectivity index is 2.92. The maximum Gasteiger partial charge on any atom is 0.410 e. The first kappa shape index (κ1) is 16.9. The van der Waals surface area contributed by atoms with Crippen LogP contribution in [0, 0.1) is 10.1 Å². The Bertz CT molecular complexity index is 709. The van der Waals surface area contributed by atoms with E-state index in [9.17, 15) is 26.9 Å². The number of hydrogen-bond acceptors (Lipinski definition) is 7. The highest BCUT2D eigenvalue weighted by Crippen LogP contribution is 2.25. The average molecular weight is 346 g/mol. The van der Waals surface area contributed by atoms with Crippen LogP contribution >= 0.6 is 10.7 Å². The zero-order valence-electron chi connectivity index (χ0n) is 10.4. The molecule has 0 atom stereocenters. The Labute approximate surface area is 120 Å². The van der Waals surface area contributed by atoms with Crippen molar-refractivity contribution in [3.8, 4) is 0 Å². The summed E-state index contributed by atoms with van der Waals surface area (Å²) in [6.45, 7) is 1.54. The van der Waals surface area contributed by atoms with E-state index in [2.05, 4.69) is 5.10 Å². The summed E-state index contributed by atoms with van der Waals surface area (Å²) in [5, 5.41) is 14.2. The van der Waals surface area contributed by atoms with Gasteiger partial charge in [-0.2, -0.15) is 4.68 Å². The van der Waals surface area contributed by atoms with Crippen molar-refractivity contribution in [2.45, 2.75) is 24.8 Å². The number of sulfone groups is 1. The Morgan fingerprint density at radius 1 is 1.40 bits per heavy atom. The average Bonchev–Trinajstić information content (AvgIpc) is 2.73. The van der Waals surface area contributed by atoms with Crippen molar-refractivity contribution in [2.75, 3.05) is 11.5 Å². The van der Waals surface area contributed by atoms with E-state index in [0.717, 1.165) is 10.9 Å². The Kier molecular flexibility index (Phi) is 5.10. The highest BCUT2D eigenvalue weighted by atomic mass is 35.7. The summed E-state index contributed by atoms with van der Waals surface area (Å²) in [5.74, 6) is -0.994. The van der Waals surface area contributed by atoms with Gasteiger partial charge in [0.2, 0.25) is 4.90 Å². The monoisotopic (exact) mass is 345 g/mol. The molecule has 0 amide bonds. The molecule has 0 N–H and O–H groups in total. The minimum absolute atomic E-state index is 0.00638. The zero-order chi connectivity index (χ0) is 15.6. The number of nitro groups is 1. The van der Waals surface area contributed by atoms with Gasteiger partial charge in [-0.15, -0.1) is 0 Å². The molecule has 114 valence electrons. The summed E-state index contributed by atoms with van der Waals surface area (Å²) < 4.78 is 45.9. The lowest BCUT2D eigenvalue weighted by atomic mass is 10.5. The largest absolute Gasteiger partial charge is 0.410 e. The molecule has 9 nitrogen and oxygen atoms in total. The standard InChI is InChI=1S/C8H12ClN3O6S2/c1-2-19(15,16)5-3-4-11-6-7(20(9,17)18)8(10-11)12(13)14/h6H,2-5H2,1H3. The fourth-order valence-corrected chi connectivity index (χ4v) is 3.16. The van der Waals surface area contributed by atoms with Gasteiger partial charge in [0.1, 0.15) is 9.84 Å². The van der Waals surface area contributed by atoms with Crippen LogP contribution in [0.1, 0.15) is 13.3 Å². The second kappa shape index (κ2) is 6.06. The second-order valence-electron chi connectivity index (χ2n) is 3.86. The van der Waals surface area contributed by atoms with Gasteiger partial charge in [0.05, 0.1) is 23.6 Å². The number of hydrogen-bond donors (Lipinski definition) is 0. The van der Waals surface area contributed by atoms with Crippen LogP contribution in [0.4, 0.5) is 5.82 Å². The van der Waals surface area contributed by atoms with Crippen LogP contribution in [-0.2, 0) is 25.4 Å². The normalized spacial score (nSPS) is 12.5. The predicted molar refractivity (Wildman–Crippen MR) is 70.9 cm³/mol. The highest BCUT2D eigenvalue weighted by molar-refractivity contribution is 8.13. The van der Waals surface area contributed by atoms with E-state index in [1.54, 1.807) is 0 Å². The first-order valence-corrected chi connectivity index (χ1v) is 9.57. The molecule has 0 saturated heterocycles. The molecule has 1 aromatic rings. The highest BCUT2D eigenvalue weighted by Gasteiger charge is 2.29. The van der Waals surface area contributed by atoms with Crippen LogP contribution in [0.15, 0.2) is 11.1 Å². The second-order valence-corrected chi connectivity index (χ2v) is 8.87. The minimum Gasteiger partial charge on any atom is -0.358 e. The van der Waals surface area contributed by atoms with Crippen LogP contribution in [0.3, 0.4) is 0 Å². The van der Waals surface area contributed by atoms with Gasteiger partial charge in [0, 0.05) is 16.4 Å². The van der Waals surface area contributed by atoms with Crippen molar-refractivity contribution < 1.29 is 21.8 Å². The molecule has 0 aliphatic rings. The summed E-state index contributed by atoms with van der Waals surface area (Å²) in [7, 11) is -2.38. The molecule has 1 rings (SSSR count). The van der Waals surface area contributed by atoms with Crippen LogP contribution in [0.2, 0.25) is 0 Å². The third-order valence-electron chi connectivity index (χ3n) is 2.43. The fourth-order valence-electron chi connectivity index (χ4n) is 1.40. The molecule has 0 saturated carbocycles. The van der Waals surface area contributed by atoms with E-state index in [-0.39, 0.29) is 24.5 Å². The van der Waals surface area contributed by atoms with Gasteiger partial charge in [-0.25, -0.2) is 16.8 Å². The summed E-state index contributed by atoms with van der Waals surface area (Å²) >= 11 is 0. The smallest absolute Gasteiger partial charge is 0.358 e. The molecule has 0 radical (unpaired) electrons. The first-order valence-electron chi connectivity index (χ1n) is 5.44. The number of aromatic nitrogens is 2. The number of nitrogens with zero attached hydrogens (tertiary/aromatic N) is 3. The molecule has 12 heteroatoms. The number of rotatable bonds is 7. The van der Waals surface area contributed by atoms with E-state index >= 15 is 0 Å². The molecule has 0 fully saturated rings. The maximum absolute atomic E-state index is 11.3. The van der Waals surface area contributed by atoms with Crippen LogP contribution < -0.4 is 0 Å². The molecule has 0 aliphatic heterocycles. The van der Waals surface area contributed by atoms with Crippen molar-refractivity contribution in [1.29, 1.82) is 0 Å². The number of aryl methyl sites for hydroxylation is 1. The van der Waals surface area contributed by atoms with Gasteiger partial charge in [0.25, 0.3) is 9.05 Å². The van der Waals surface area contributed by atoms with Gasteiger partial charge >= 0.3 is 5.82 Å². The fraction of sp³-hybridized carbons (Fsp3) is 0.625. The molecule has 1 heterocycles. The number of halogens is 1. The summed E-state index contributed by atoms with van der Waals surface area (Å²) in [6.07, 6.45) is 1.08. The zero-order valence-corrected chi connectivity index (χ0v) is 12.8. The van der Waals surface area contributed by atoms with Crippen LogP contribution in [0.5, 0.6) is 0 Å². The Morgan fingerprint density at radius 3 is 2.40 bits per heavy atom. The van der Waals surface area contributed by atoms with Crippen LogP contribution in [0.25, 0.3) is 0 Å². The lowest BCUT2D eigenvalue weighted by Crippen LogP contribution is -2.11. The van der Waals surface area contributed by atoms with Crippen molar-refractivity contribution in [1.82, 2.24) is 9.78 Å². The summed E-state index contributed by atoms with van der Waals surface area (Å²) in [6, 6.07) is 0. The Morgan fingerprint density at radius 2 is 2.00 bits per heavy atom. The molecule has 1 aromatic heterocycles. The molecular formula is C8H12ClN3O6S2. The quantitative estimate of drug-likeness (QED) is 0.400. The maximum atomic E-state index is 11.3. The van der Waals surface area contributed by atoms with Gasteiger partial charge in [0.15, 0.2) is 0 Å². The van der Waals surface area contributed by atoms with E-state index in [4.69, 9.17) is 10.7 Å². The topological polar surface area (TPSA) is 129 Å². The molecule has 0 bridgehead atoms. The van der Waals surface area contributed by atoms with Gasteiger partial charge in [-0.3, -0.25) is 0 Å². The van der Waals surface area contributed by atoms with Gasteiger partial charge < -0.3 is 10.1 Å². The minimum atomic E-state index is -4.29. The van der Waals surface area contributed by atoms with E-state index in [0.29, 0.717) is 0 Å². The van der Waals surface area contributed by atoms with Crippen molar-refractivity contribution >= 4 is 35.4 Å². The molecule has 0 aromatic carbocycles. The van der Waals surface area contributed by atoms with E-state index < -0.39 is 34.5 Å². The Hall–Kier alpha value is -1.20. The van der Waals surface area contributed by atoms with Gasteiger partial charge in [-0.1, -0.05) is 6.92 Å². The lowest BCUT2D eigenvalue weighted by Gasteiger charge is -1.99. The summed E-state index contributed by atoms with van der Waals surface area (Å²) in [5.41, 5.74) is 0. The molecule has 20 heavy (non-hydrogen) atoms. The van der Waals surface area contributed by atoms with E-state index in [1.807, 2.05) is 0 Å². The SMILES string of the molecule is CCS(=O)(=O)CCCn1cc(S(=O)(=O)Cl)c([N+](=O)[O-])n1. The summed E-state index contributed by atoms with van der Waals surface area (Å²) in [4.78, 5) is 9.00. The predicted octanol–water partition coefficient (Wildman–Crippen LogP) is 0.544. The lowest BCUT2D eigenvalue weighted by molar-refractivity contribution is -0.392. The molecule has 0 aliphatic carbocycles. The van der Waals surface area contributed by atoms with Gasteiger partial charge in [-0.05, 0) is 11.3 Å². The van der Waals surface area contributed by atoms with Crippen molar-refractivity contribution in [3.63, 3.8) is 0 Å². The third-order valence-corrected chi connectivity index (χ3v) is 5.53. The van der Waals surface area contributed by atoms with Crippen molar-refractivity contribution in [3.05, 3.63) is 16.3 Å². The molecule has 0 spiro atoms. The first-order chi connectivity index (χ1) is 9.07. The molecule has 0 unspecified atom stereocenters. The van der Waals surface area contributed by atoms with E-state index in [1.165, 1.54) is 6.92 Å². The third kappa shape index (κ3) is 4.42. The van der Waals surface area contributed by atoms with Crippen molar-refractivity contribution in [2.24, 2.45) is 0 Å². The molecular weight excluding hydrogens is 334 g/mol.